The summed E-state index contributed by atoms with van der Waals surface area (Å²) < 4.78 is 0. The highest BCUT2D eigenvalue weighted by Gasteiger charge is 2.21. The number of aliphatic imine (C=N–C) groups is 2. The number of ketones is 1. The molecule has 2 amide bonds. The number of amidine groups is 1. The van der Waals surface area contributed by atoms with Crippen LogP contribution >= 0.6 is 0 Å². The lowest BCUT2D eigenvalue weighted by molar-refractivity contribution is -0.139. The lowest BCUT2D eigenvalue weighted by Crippen LogP contribution is -2.41. The normalized spacial score (nSPS) is 12.7. The van der Waals surface area contributed by atoms with Gasteiger partial charge in [-0.25, -0.2) is 14.8 Å². The van der Waals surface area contributed by atoms with Gasteiger partial charge in [-0.1, -0.05) is 6.58 Å². The van der Waals surface area contributed by atoms with Crippen LogP contribution in [0, 0.1) is 0 Å². The zero-order chi connectivity index (χ0) is 25.7. The van der Waals surface area contributed by atoms with E-state index < -0.39 is 23.8 Å². The first kappa shape index (κ1) is 27.8. The van der Waals surface area contributed by atoms with Crippen LogP contribution in [0.5, 0.6) is 0 Å². The minimum atomic E-state index is -1.20. The molecule has 0 spiro atoms. The first-order valence-electron chi connectivity index (χ1n) is 10.3. The number of anilines is 1. The van der Waals surface area contributed by atoms with Crippen LogP contribution < -0.4 is 21.7 Å². The summed E-state index contributed by atoms with van der Waals surface area (Å²) in [6.07, 6.45) is 2.64. The third kappa shape index (κ3) is 9.47. The number of carbonyl (C=O) groups excluding carboxylic acids is 3. The topological polar surface area (TPSA) is 175 Å². The molecule has 0 fully saturated rings. The lowest BCUT2D eigenvalue weighted by atomic mass is 10.1. The molecule has 0 heterocycles. The van der Waals surface area contributed by atoms with Crippen molar-refractivity contribution < 1.29 is 24.3 Å². The second-order valence-corrected chi connectivity index (χ2v) is 7.30. The van der Waals surface area contributed by atoms with Gasteiger partial charge in [0.2, 0.25) is 0 Å². The molecular formula is C23H30N6O5. The number of benzene rings is 1. The molecule has 0 bridgehead atoms. The monoisotopic (exact) mass is 470 g/mol. The van der Waals surface area contributed by atoms with Gasteiger partial charge < -0.3 is 31.6 Å². The van der Waals surface area contributed by atoms with Crippen LogP contribution in [0.1, 0.15) is 37.0 Å². The van der Waals surface area contributed by atoms with Gasteiger partial charge in [0, 0.05) is 37.5 Å². The van der Waals surface area contributed by atoms with Crippen molar-refractivity contribution in [1.82, 2.24) is 10.6 Å². The molecule has 0 aliphatic carbocycles. The zero-order valence-corrected chi connectivity index (χ0v) is 19.4. The molecule has 1 aromatic carbocycles. The Bertz CT molecular complexity index is 1010. The van der Waals surface area contributed by atoms with E-state index in [2.05, 4.69) is 32.5 Å². The van der Waals surface area contributed by atoms with Gasteiger partial charge in [-0.2, -0.15) is 0 Å². The summed E-state index contributed by atoms with van der Waals surface area (Å²) in [6.45, 7) is 7.24. The second kappa shape index (κ2) is 14.0. The van der Waals surface area contributed by atoms with Crippen LogP contribution in [-0.2, 0) is 14.4 Å². The highest BCUT2D eigenvalue weighted by atomic mass is 16.4. The number of nitrogens with one attached hydrogen (secondary N) is 3. The molecule has 0 aliphatic heterocycles. The summed E-state index contributed by atoms with van der Waals surface area (Å²) >= 11 is 0. The summed E-state index contributed by atoms with van der Waals surface area (Å²) in [5, 5.41) is 17.3. The number of nitrogens with zero attached hydrogens (tertiary/aromatic N) is 2. The van der Waals surface area contributed by atoms with E-state index in [1.54, 1.807) is 24.3 Å². The number of Topliss-reactive ketones (excluding diaryl/α,β-unsaturated/α-hetero) is 1. The number of hydrogen-bond acceptors (Lipinski definition) is 6. The van der Waals surface area contributed by atoms with Gasteiger partial charge in [0.25, 0.3) is 11.8 Å². The second-order valence-electron chi connectivity index (χ2n) is 7.30. The van der Waals surface area contributed by atoms with Gasteiger partial charge in [-0.3, -0.25) is 9.59 Å². The Kier molecular flexibility index (Phi) is 11.4. The van der Waals surface area contributed by atoms with Crippen molar-refractivity contribution in [3.05, 3.63) is 53.8 Å². The van der Waals surface area contributed by atoms with E-state index in [-0.39, 0.29) is 35.6 Å². The molecule has 6 N–H and O–H groups in total. The number of carboxylic acids is 1. The average molecular weight is 471 g/mol. The van der Waals surface area contributed by atoms with Gasteiger partial charge >= 0.3 is 5.97 Å². The molecule has 11 heteroatoms. The maximum Gasteiger partial charge on any atom is 0.326 e. The largest absolute Gasteiger partial charge is 0.480 e. The van der Waals surface area contributed by atoms with E-state index in [0.29, 0.717) is 6.54 Å². The number of carboxylic acid groups (broad SMARTS) is 1. The third-order valence-corrected chi connectivity index (χ3v) is 4.48. The highest BCUT2D eigenvalue weighted by Crippen LogP contribution is 2.11. The summed E-state index contributed by atoms with van der Waals surface area (Å²) in [5.74, 6) is -2.23. The van der Waals surface area contributed by atoms with E-state index in [0.717, 1.165) is 17.6 Å². The highest BCUT2D eigenvalue weighted by molar-refractivity contribution is 6.21. The van der Waals surface area contributed by atoms with E-state index >= 15 is 0 Å². The van der Waals surface area contributed by atoms with Crippen LogP contribution in [0.25, 0.3) is 0 Å². The fraction of sp³-hybridized carbons (Fsp3) is 0.304. The number of hydrogen-bond donors (Lipinski definition) is 5. The summed E-state index contributed by atoms with van der Waals surface area (Å²) in [4.78, 5) is 54.5. The van der Waals surface area contributed by atoms with Crippen molar-refractivity contribution >= 4 is 41.4 Å². The van der Waals surface area contributed by atoms with Crippen LogP contribution in [-0.4, -0.2) is 60.5 Å². The van der Waals surface area contributed by atoms with E-state index in [1.807, 2.05) is 6.92 Å². The molecule has 1 aromatic rings. The number of amides is 2. The molecule has 0 saturated heterocycles. The average Bonchev–Trinajstić information content (AvgIpc) is 2.81. The van der Waals surface area contributed by atoms with Crippen molar-refractivity contribution in [2.24, 2.45) is 15.7 Å². The molecule has 0 saturated carbocycles. The molecule has 1 rings (SSSR count). The number of likely N-dealkylation sites (N-methyl/N-ethyl adjacent to an activating group) is 1. The van der Waals surface area contributed by atoms with Crippen LogP contribution in [0.4, 0.5) is 5.69 Å². The SMILES string of the molecule is C=C(C(=O)NC)C(N=CN)=N/C=C(\C)CNc1ccc(C(=O)NC(CCC(C)=O)C(=O)O)cc1. The minimum Gasteiger partial charge on any atom is -0.480 e. The Hall–Kier alpha value is -4.28. The standard InChI is InChI=1S/C23H30N6O5/c1-14(12-27-20(28-13-24)16(3)21(31)25-4)11-26-18-8-6-17(7-9-18)22(32)29-19(23(33)34)10-5-15(2)30/h6-9,12-13,19,26H,3,5,10-11H2,1-2,4H3,(H,25,31)(H,29,32)(H,33,34)(H2,24,27,28)/b14-12+. The number of aliphatic carboxylic acids is 1. The molecule has 0 aliphatic rings. The maximum absolute atomic E-state index is 12.3. The van der Waals surface area contributed by atoms with Gasteiger partial charge in [0.05, 0.1) is 11.9 Å². The summed E-state index contributed by atoms with van der Waals surface area (Å²) in [7, 11) is 1.47. The smallest absolute Gasteiger partial charge is 0.326 e. The maximum atomic E-state index is 12.3. The molecule has 182 valence electrons. The van der Waals surface area contributed by atoms with Crippen molar-refractivity contribution in [2.75, 3.05) is 18.9 Å². The zero-order valence-electron chi connectivity index (χ0n) is 19.4. The lowest BCUT2D eigenvalue weighted by Gasteiger charge is -2.14. The predicted molar refractivity (Wildman–Crippen MR) is 131 cm³/mol. The van der Waals surface area contributed by atoms with Crippen LogP contribution in [0.2, 0.25) is 0 Å². The molecule has 34 heavy (non-hydrogen) atoms. The predicted octanol–water partition coefficient (Wildman–Crippen LogP) is 1.24. The van der Waals surface area contributed by atoms with Crippen LogP contribution in [0.15, 0.2) is 58.2 Å². The van der Waals surface area contributed by atoms with Crippen molar-refractivity contribution in [3.63, 3.8) is 0 Å². The fourth-order valence-corrected chi connectivity index (χ4v) is 2.56. The molecular weight excluding hydrogens is 440 g/mol. The minimum absolute atomic E-state index is 0.0267. The van der Waals surface area contributed by atoms with Crippen molar-refractivity contribution in [3.8, 4) is 0 Å². The molecule has 0 radical (unpaired) electrons. The van der Waals surface area contributed by atoms with Crippen LogP contribution in [0.3, 0.4) is 0 Å². The van der Waals surface area contributed by atoms with Gasteiger partial charge in [0.1, 0.15) is 11.8 Å². The molecule has 1 atom stereocenters. The van der Waals surface area contributed by atoms with Gasteiger partial charge in [-0.05, 0) is 50.1 Å². The van der Waals surface area contributed by atoms with E-state index in [4.69, 9.17) is 5.73 Å². The van der Waals surface area contributed by atoms with E-state index in [1.165, 1.54) is 20.2 Å². The molecule has 0 aromatic heterocycles. The third-order valence-electron chi connectivity index (χ3n) is 4.48. The van der Waals surface area contributed by atoms with E-state index in [9.17, 15) is 24.3 Å². The summed E-state index contributed by atoms with van der Waals surface area (Å²) in [6, 6.07) is 5.32. The first-order chi connectivity index (χ1) is 16.1. The number of rotatable bonds is 12. The fourth-order valence-electron chi connectivity index (χ4n) is 2.56. The Morgan fingerprint density at radius 1 is 1.18 bits per heavy atom. The number of carbonyl (C=O) groups is 4. The summed E-state index contributed by atoms with van der Waals surface area (Å²) in [5.41, 5.74) is 7.19. The number of nitrogens with two attached hydrogens (primary N) is 1. The Labute approximate surface area is 197 Å². The Morgan fingerprint density at radius 3 is 2.35 bits per heavy atom. The van der Waals surface area contributed by atoms with Gasteiger partial charge in [-0.15, -0.1) is 0 Å². The van der Waals surface area contributed by atoms with Crippen molar-refractivity contribution in [2.45, 2.75) is 32.7 Å². The Balaban J connectivity index is 2.76. The quantitative estimate of drug-likeness (QED) is 0.173. The van der Waals surface area contributed by atoms with Gasteiger partial charge in [0.15, 0.2) is 5.84 Å². The Morgan fingerprint density at radius 2 is 1.82 bits per heavy atom. The molecule has 11 nitrogen and oxygen atoms in total. The molecule has 1 unspecified atom stereocenters. The van der Waals surface area contributed by atoms with Crippen molar-refractivity contribution in [1.29, 1.82) is 0 Å². The first-order valence-corrected chi connectivity index (χ1v) is 10.3.